The number of hydrogen-bond acceptors (Lipinski definition) is 2. The van der Waals surface area contributed by atoms with Crippen molar-refractivity contribution in [3.8, 4) is 0 Å². The van der Waals surface area contributed by atoms with Crippen molar-refractivity contribution in [3.05, 3.63) is 0 Å². The molecule has 0 fully saturated rings. The minimum absolute atomic E-state index is 0.250. The molecule has 0 spiro atoms. The van der Waals surface area contributed by atoms with Crippen molar-refractivity contribution in [3.63, 3.8) is 0 Å². The van der Waals surface area contributed by atoms with Gasteiger partial charge in [-0.15, -0.1) is 0 Å². The summed E-state index contributed by atoms with van der Waals surface area (Å²) in [7, 11) is 0. The molecule has 0 saturated heterocycles. The van der Waals surface area contributed by atoms with Gasteiger partial charge in [0, 0.05) is 4.32 Å². The van der Waals surface area contributed by atoms with E-state index in [0.29, 0.717) is 4.32 Å². The quantitative estimate of drug-likeness (QED) is 0.654. The molecule has 10 heavy (non-hydrogen) atoms. The molecule has 0 aliphatic carbocycles. The second-order valence-corrected chi connectivity index (χ2v) is 4.70. The Labute approximate surface area is 70.1 Å². The van der Waals surface area contributed by atoms with E-state index in [0.717, 1.165) is 0 Å². The van der Waals surface area contributed by atoms with Crippen LogP contribution in [-0.4, -0.2) is 10.5 Å². The van der Waals surface area contributed by atoms with E-state index in [1.807, 2.05) is 0 Å². The molecule has 0 aromatic carbocycles. The lowest BCUT2D eigenvalue weighted by Gasteiger charge is -2.12. The summed E-state index contributed by atoms with van der Waals surface area (Å²) >= 11 is 3.54. The first-order valence-electron chi connectivity index (χ1n) is 3.16. The average Bonchev–Trinajstić information content (AvgIpc) is 1.63. The van der Waals surface area contributed by atoms with E-state index in [1.165, 1.54) is 12.8 Å². The maximum absolute atomic E-state index is 8.12. The standard InChI is InChI=1S/C6H13Br.CO2/c1-4-5-6(2,3)7;2-1-3/h4-5H2,1-3H3;. The number of alkyl halides is 1. The summed E-state index contributed by atoms with van der Waals surface area (Å²) < 4.78 is 0.363. The Hall–Kier alpha value is -0.140. The zero-order valence-corrected chi connectivity index (χ0v) is 8.19. The van der Waals surface area contributed by atoms with Gasteiger partial charge in [0.25, 0.3) is 0 Å². The summed E-state index contributed by atoms with van der Waals surface area (Å²) in [5.41, 5.74) is 0. The highest BCUT2D eigenvalue weighted by atomic mass is 79.9. The molecule has 0 radical (unpaired) electrons. The van der Waals surface area contributed by atoms with Gasteiger partial charge >= 0.3 is 6.15 Å². The Morgan fingerprint density at radius 1 is 1.40 bits per heavy atom. The molecule has 0 unspecified atom stereocenters. The van der Waals surface area contributed by atoms with Crippen LogP contribution in [0.15, 0.2) is 0 Å². The van der Waals surface area contributed by atoms with Crippen molar-refractivity contribution < 1.29 is 9.59 Å². The zero-order chi connectivity index (χ0) is 8.62. The molecule has 0 aromatic rings. The van der Waals surface area contributed by atoms with E-state index in [9.17, 15) is 0 Å². The molecule has 0 saturated carbocycles. The molecule has 0 N–H and O–H groups in total. The van der Waals surface area contributed by atoms with Crippen LogP contribution in [0.1, 0.15) is 33.6 Å². The van der Waals surface area contributed by atoms with E-state index < -0.39 is 0 Å². The first-order chi connectivity index (χ1) is 4.47. The Kier molecular flexibility index (Phi) is 8.74. The predicted octanol–water partition coefficient (Wildman–Crippen LogP) is 2.38. The Balaban J connectivity index is 0. The minimum atomic E-state index is 0.250. The van der Waals surface area contributed by atoms with Crippen molar-refractivity contribution in [2.45, 2.75) is 37.9 Å². The smallest absolute Gasteiger partial charge is 0.186 e. The van der Waals surface area contributed by atoms with Gasteiger partial charge in [0.1, 0.15) is 0 Å². The number of hydrogen-bond donors (Lipinski definition) is 0. The predicted molar refractivity (Wildman–Crippen MR) is 42.9 cm³/mol. The van der Waals surface area contributed by atoms with Gasteiger partial charge in [-0.1, -0.05) is 43.1 Å². The molecule has 0 bridgehead atoms. The lowest BCUT2D eigenvalue weighted by molar-refractivity contribution is -0.191. The summed E-state index contributed by atoms with van der Waals surface area (Å²) in [6.45, 7) is 6.58. The Bertz CT molecular complexity index is 98.7. The van der Waals surface area contributed by atoms with Gasteiger partial charge in [0.15, 0.2) is 0 Å². The Morgan fingerprint density at radius 2 is 1.70 bits per heavy atom. The largest absolute Gasteiger partial charge is 0.373 e. The lowest BCUT2D eigenvalue weighted by atomic mass is 10.1. The lowest BCUT2D eigenvalue weighted by Crippen LogP contribution is -2.06. The first kappa shape index (κ1) is 12.5. The third-order valence-electron chi connectivity index (χ3n) is 0.844. The highest BCUT2D eigenvalue weighted by Crippen LogP contribution is 2.21. The number of halogens is 1. The van der Waals surface area contributed by atoms with E-state index in [4.69, 9.17) is 9.59 Å². The molecular formula is C7H13BrO2. The second kappa shape index (κ2) is 6.97. The third kappa shape index (κ3) is 24.8. The number of rotatable bonds is 2. The van der Waals surface area contributed by atoms with E-state index in [2.05, 4.69) is 36.7 Å². The molecule has 0 aliphatic heterocycles. The minimum Gasteiger partial charge on any atom is -0.186 e. The molecule has 0 aliphatic rings. The van der Waals surface area contributed by atoms with Gasteiger partial charge in [-0.05, 0) is 6.42 Å². The Morgan fingerprint density at radius 3 is 1.70 bits per heavy atom. The van der Waals surface area contributed by atoms with Crippen LogP contribution in [0.25, 0.3) is 0 Å². The van der Waals surface area contributed by atoms with Gasteiger partial charge in [-0.25, -0.2) is 0 Å². The summed E-state index contributed by atoms with van der Waals surface area (Å²) in [6, 6.07) is 0. The fraction of sp³-hybridized carbons (Fsp3) is 0.857. The molecule has 0 amide bonds. The normalized spacial score (nSPS) is 9.20. The average molecular weight is 209 g/mol. The SMILES string of the molecule is CCCC(C)(C)Br.O=C=O. The van der Waals surface area contributed by atoms with Gasteiger partial charge in [-0.3, -0.25) is 0 Å². The van der Waals surface area contributed by atoms with Crippen LogP contribution in [-0.2, 0) is 9.59 Å². The van der Waals surface area contributed by atoms with E-state index in [1.54, 1.807) is 0 Å². The van der Waals surface area contributed by atoms with Gasteiger partial charge < -0.3 is 0 Å². The fourth-order valence-corrected chi connectivity index (χ4v) is 0.991. The van der Waals surface area contributed by atoms with Crippen LogP contribution in [0.5, 0.6) is 0 Å². The van der Waals surface area contributed by atoms with Crippen molar-refractivity contribution in [1.29, 1.82) is 0 Å². The third-order valence-corrected chi connectivity index (χ3v) is 1.24. The maximum Gasteiger partial charge on any atom is 0.373 e. The zero-order valence-electron chi connectivity index (χ0n) is 6.61. The van der Waals surface area contributed by atoms with Crippen molar-refractivity contribution >= 4 is 22.1 Å². The molecule has 2 nitrogen and oxygen atoms in total. The van der Waals surface area contributed by atoms with Gasteiger partial charge in [0.2, 0.25) is 0 Å². The molecule has 0 heterocycles. The van der Waals surface area contributed by atoms with Crippen LogP contribution in [0.3, 0.4) is 0 Å². The van der Waals surface area contributed by atoms with Crippen LogP contribution in [0.2, 0.25) is 0 Å². The van der Waals surface area contributed by atoms with Crippen molar-refractivity contribution in [1.82, 2.24) is 0 Å². The molecule has 3 heteroatoms. The number of carbonyl (C=O) groups excluding carboxylic acids is 2. The highest BCUT2D eigenvalue weighted by molar-refractivity contribution is 9.10. The summed E-state index contributed by atoms with van der Waals surface area (Å²) in [6.07, 6.45) is 2.77. The van der Waals surface area contributed by atoms with Crippen LogP contribution < -0.4 is 0 Å². The monoisotopic (exact) mass is 208 g/mol. The van der Waals surface area contributed by atoms with Crippen LogP contribution >= 0.6 is 15.9 Å². The van der Waals surface area contributed by atoms with Crippen LogP contribution in [0.4, 0.5) is 0 Å². The fourth-order valence-electron chi connectivity index (χ4n) is 0.594. The first-order valence-corrected chi connectivity index (χ1v) is 3.95. The second-order valence-electron chi connectivity index (χ2n) is 2.55. The van der Waals surface area contributed by atoms with Crippen molar-refractivity contribution in [2.75, 3.05) is 0 Å². The van der Waals surface area contributed by atoms with Crippen LogP contribution in [0, 0.1) is 0 Å². The van der Waals surface area contributed by atoms with E-state index in [-0.39, 0.29) is 6.15 Å². The molecule has 60 valence electrons. The topological polar surface area (TPSA) is 34.1 Å². The van der Waals surface area contributed by atoms with E-state index >= 15 is 0 Å². The van der Waals surface area contributed by atoms with Crippen molar-refractivity contribution in [2.24, 2.45) is 0 Å². The van der Waals surface area contributed by atoms with Gasteiger partial charge in [0.05, 0.1) is 0 Å². The van der Waals surface area contributed by atoms with Gasteiger partial charge in [-0.2, -0.15) is 9.59 Å². The molecule has 0 rings (SSSR count). The summed E-state index contributed by atoms with van der Waals surface area (Å²) in [5.74, 6) is 0. The summed E-state index contributed by atoms with van der Waals surface area (Å²) in [4.78, 5) is 16.2. The maximum atomic E-state index is 8.12. The summed E-state index contributed by atoms with van der Waals surface area (Å²) in [5, 5.41) is 0. The highest BCUT2D eigenvalue weighted by Gasteiger charge is 2.08. The molecule has 0 atom stereocenters. The molecule has 0 aromatic heterocycles. The molecular weight excluding hydrogens is 196 g/mol.